The van der Waals surface area contributed by atoms with Gasteiger partial charge in [0.15, 0.2) is 0 Å². The highest BCUT2D eigenvalue weighted by molar-refractivity contribution is 5.46. The number of aryl methyl sites for hydroxylation is 1. The summed E-state index contributed by atoms with van der Waals surface area (Å²) in [4.78, 5) is 2.27. The maximum Gasteiger partial charge on any atom is 0.0585 e. The normalized spacial score (nSPS) is 26.2. The molecule has 2 atom stereocenters. The van der Waals surface area contributed by atoms with Crippen molar-refractivity contribution in [3.05, 3.63) is 29.8 Å². The van der Waals surface area contributed by atoms with Gasteiger partial charge in [-0.05, 0) is 43.7 Å². The van der Waals surface area contributed by atoms with Gasteiger partial charge in [-0.3, -0.25) is 0 Å². The van der Waals surface area contributed by atoms with Gasteiger partial charge in [-0.1, -0.05) is 31.5 Å². The van der Waals surface area contributed by atoms with E-state index in [9.17, 15) is 5.11 Å². The number of aliphatic hydroxyl groups excluding tert-OH is 1. The second-order valence-corrected chi connectivity index (χ2v) is 6.95. The van der Waals surface area contributed by atoms with Crippen molar-refractivity contribution in [1.82, 2.24) is 0 Å². The zero-order valence-corrected chi connectivity index (χ0v) is 12.7. The van der Waals surface area contributed by atoms with Crippen molar-refractivity contribution in [2.24, 2.45) is 11.3 Å². The highest BCUT2D eigenvalue weighted by atomic mass is 16.3. The van der Waals surface area contributed by atoms with Gasteiger partial charge >= 0.3 is 0 Å². The minimum atomic E-state index is -0.138. The third kappa shape index (κ3) is 3.73. The summed E-state index contributed by atoms with van der Waals surface area (Å²) < 4.78 is 0. The molecule has 2 nitrogen and oxygen atoms in total. The summed E-state index contributed by atoms with van der Waals surface area (Å²) >= 11 is 0. The Morgan fingerprint density at radius 2 is 1.89 bits per heavy atom. The van der Waals surface area contributed by atoms with Crippen molar-refractivity contribution >= 4 is 5.69 Å². The number of aliphatic hydroxyl groups is 1. The van der Waals surface area contributed by atoms with E-state index >= 15 is 0 Å². The first-order chi connectivity index (χ1) is 8.87. The van der Waals surface area contributed by atoms with Crippen molar-refractivity contribution in [3.63, 3.8) is 0 Å². The number of hydrogen-bond donors (Lipinski definition) is 1. The van der Waals surface area contributed by atoms with Gasteiger partial charge < -0.3 is 10.0 Å². The van der Waals surface area contributed by atoms with Crippen LogP contribution in [-0.4, -0.2) is 24.8 Å². The summed E-state index contributed by atoms with van der Waals surface area (Å²) in [6.45, 7) is 7.68. The van der Waals surface area contributed by atoms with Crippen LogP contribution in [0.15, 0.2) is 24.3 Å². The number of hydrogen-bond acceptors (Lipinski definition) is 2. The lowest BCUT2D eigenvalue weighted by atomic mass is 9.71. The highest BCUT2D eigenvalue weighted by Crippen LogP contribution is 2.39. The Labute approximate surface area is 117 Å². The highest BCUT2D eigenvalue weighted by Gasteiger charge is 2.34. The molecule has 0 aromatic heterocycles. The molecule has 0 bridgehead atoms. The zero-order valence-electron chi connectivity index (χ0n) is 12.7. The Balaban J connectivity index is 2.01. The fourth-order valence-corrected chi connectivity index (χ4v) is 3.16. The Kier molecular flexibility index (Phi) is 4.19. The van der Waals surface area contributed by atoms with E-state index in [0.717, 1.165) is 25.8 Å². The van der Waals surface area contributed by atoms with Gasteiger partial charge in [0.1, 0.15) is 0 Å². The lowest BCUT2D eigenvalue weighted by Gasteiger charge is -2.40. The van der Waals surface area contributed by atoms with Gasteiger partial charge in [-0.15, -0.1) is 0 Å². The number of rotatable bonds is 3. The monoisotopic (exact) mass is 261 g/mol. The van der Waals surface area contributed by atoms with Crippen LogP contribution in [0.25, 0.3) is 0 Å². The third-order valence-corrected chi connectivity index (χ3v) is 4.46. The van der Waals surface area contributed by atoms with Gasteiger partial charge in [0.05, 0.1) is 6.10 Å². The van der Waals surface area contributed by atoms with Crippen molar-refractivity contribution in [3.8, 4) is 0 Å². The van der Waals surface area contributed by atoms with Crippen LogP contribution in [0.5, 0.6) is 0 Å². The van der Waals surface area contributed by atoms with E-state index in [-0.39, 0.29) is 6.10 Å². The van der Waals surface area contributed by atoms with Crippen LogP contribution in [0.4, 0.5) is 5.69 Å². The van der Waals surface area contributed by atoms with E-state index < -0.39 is 0 Å². The number of benzene rings is 1. The van der Waals surface area contributed by atoms with Crippen LogP contribution in [0.1, 0.15) is 38.7 Å². The maximum atomic E-state index is 10.2. The fraction of sp³-hybridized carbons (Fsp3) is 0.647. The summed E-state index contributed by atoms with van der Waals surface area (Å²) in [6.07, 6.45) is 3.06. The molecule has 1 fully saturated rings. The molecule has 19 heavy (non-hydrogen) atoms. The molecule has 1 saturated carbocycles. The van der Waals surface area contributed by atoms with Crippen LogP contribution in [0.2, 0.25) is 0 Å². The summed E-state index contributed by atoms with van der Waals surface area (Å²) in [5.74, 6) is 0.384. The van der Waals surface area contributed by atoms with Crippen LogP contribution >= 0.6 is 0 Å². The van der Waals surface area contributed by atoms with Gasteiger partial charge in [-0.2, -0.15) is 0 Å². The Bertz CT molecular complexity index is 410. The second-order valence-electron chi connectivity index (χ2n) is 6.95. The van der Waals surface area contributed by atoms with Crippen molar-refractivity contribution in [2.75, 3.05) is 18.5 Å². The first-order valence-corrected chi connectivity index (χ1v) is 7.33. The third-order valence-electron chi connectivity index (χ3n) is 4.46. The molecule has 106 valence electrons. The summed E-state index contributed by atoms with van der Waals surface area (Å²) in [6, 6.07) is 8.62. The van der Waals surface area contributed by atoms with Gasteiger partial charge in [-0.25, -0.2) is 0 Å². The van der Waals surface area contributed by atoms with Gasteiger partial charge in [0.2, 0.25) is 0 Å². The van der Waals surface area contributed by atoms with Crippen LogP contribution < -0.4 is 4.90 Å². The minimum Gasteiger partial charge on any atom is -0.393 e. The Hall–Kier alpha value is -1.02. The number of anilines is 1. The molecule has 0 heterocycles. The molecule has 2 unspecified atom stereocenters. The summed E-state index contributed by atoms with van der Waals surface area (Å²) in [7, 11) is 2.12. The predicted octanol–water partition coefficient (Wildman–Crippen LogP) is 3.62. The van der Waals surface area contributed by atoms with E-state index in [1.807, 2.05) is 0 Å². The zero-order chi connectivity index (χ0) is 14.0. The molecular weight excluding hydrogens is 234 g/mol. The van der Waals surface area contributed by atoms with Crippen LogP contribution in [0.3, 0.4) is 0 Å². The van der Waals surface area contributed by atoms with Gasteiger partial charge in [0, 0.05) is 25.2 Å². The van der Waals surface area contributed by atoms with Crippen LogP contribution in [0, 0.1) is 18.3 Å². The molecule has 2 heteroatoms. The molecule has 0 spiro atoms. The molecular formula is C17H27NO. The first kappa shape index (κ1) is 14.4. The predicted molar refractivity (Wildman–Crippen MR) is 81.6 cm³/mol. The average molecular weight is 261 g/mol. The van der Waals surface area contributed by atoms with E-state index in [1.54, 1.807) is 0 Å². The fourth-order valence-electron chi connectivity index (χ4n) is 3.16. The van der Waals surface area contributed by atoms with Crippen molar-refractivity contribution in [2.45, 2.75) is 46.1 Å². The van der Waals surface area contributed by atoms with E-state index in [0.29, 0.717) is 11.3 Å². The van der Waals surface area contributed by atoms with E-state index in [4.69, 9.17) is 0 Å². The molecule has 1 aromatic carbocycles. The minimum absolute atomic E-state index is 0.138. The Morgan fingerprint density at radius 1 is 1.26 bits per heavy atom. The molecule has 0 saturated heterocycles. The molecule has 1 aliphatic rings. The first-order valence-electron chi connectivity index (χ1n) is 7.33. The number of nitrogens with zero attached hydrogens (tertiary/aromatic N) is 1. The molecule has 2 rings (SSSR count). The van der Waals surface area contributed by atoms with Gasteiger partial charge in [0.25, 0.3) is 0 Å². The Morgan fingerprint density at radius 3 is 2.53 bits per heavy atom. The molecule has 0 aliphatic heterocycles. The molecule has 1 aromatic rings. The van der Waals surface area contributed by atoms with E-state index in [2.05, 4.69) is 57.0 Å². The SMILES string of the molecule is Cc1ccc(N(C)CC2CC(C)(C)CCC2O)cc1. The molecule has 0 radical (unpaired) electrons. The molecule has 0 amide bonds. The lowest BCUT2D eigenvalue weighted by molar-refractivity contribution is 0.0254. The van der Waals surface area contributed by atoms with Crippen molar-refractivity contribution < 1.29 is 5.11 Å². The lowest BCUT2D eigenvalue weighted by Crippen LogP contribution is -2.40. The average Bonchev–Trinajstić information content (AvgIpc) is 2.34. The van der Waals surface area contributed by atoms with Crippen molar-refractivity contribution in [1.29, 1.82) is 0 Å². The quantitative estimate of drug-likeness (QED) is 0.898. The smallest absolute Gasteiger partial charge is 0.0585 e. The maximum absolute atomic E-state index is 10.2. The van der Waals surface area contributed by atoms with E-state index in [1.165, 1.54) is 11.3 Å². The standard InChI is InChI=1S/C17H27NO/c1-13-5-7-15(8-6-13)18(4)12-14-11-17(2,3)10-9-16(14)19/h5-8,14,16,19H,9-12H2,1-4H3. The topological polar surface area (TPSA) is 23.5 Å². The second kappa shape index (κ2) is 5.54. The summed E-state index contributed by atoms with van der Waals surface area (Å²) in [5, 5.41) is 10.2. The van der Waals surface area contributed by atoms with Crippen LogP contribution in [-0.2, 0) is 0 Å². The molecule has 1 aliphatic carbocycles. The largest absolute Gasteiger partial charge is 0.393 e. The molecule has 1 N–H and O–H groups in total. The summed E-state index contributed by atoms with van der Waals surface area (Å²) in [5.41, 5.74) is 2.90.